The molecule has 1 saturated heterocycles. The molecule has 120 valence electrons. The first-order valence-electron chi connectivity index (χ1n) is 7.40. The number of imide groups is 1. The van der Waals surface area contributed by atoms with Crippen LogP contribution in [0.3, 0.4) is 0 Å². The summed E-state index contributed by atoms with van der Waals surface area (Å²) in [5.74, 6) is -0.715. The van der Waals surface area contributed by atoms with E-state index in [0.717, 1.165) is 10.5 Å². The first kappa shape index (κ1) is 15.7. The van der Waals surface area contributed by atoms with Crippen LogP contribution in [0, 0.1) is 17.1 Å². The van der Waals surface area contributed by atoms with Crippen molar-refractivity contribution in [2.24, 2.45) is 0 Å². The normalized spacial score (nSPS) is 17.3. The van der Waals surface area contributed by atoms with Gasteiger partial charge in [0.25, 0.3) is 5.91 Å². The van der Waals surface area contributed by atoms with Gasteiger partial charge in [0, 0.05) is 5.69 Å². The summed E-state index contributed by atoms with van der Waals surface area (Å²) in [7, 11) is 0. The second kappa shape index (κ2) is 6.13. The van der Waals surface area contributed by atoms with Crippen LogP contribution in [-0.2, 0) is 11.3 Å². The molecule has 3 rings (SSSR count). The van der Waals surface area contributed by atoms with Crippen LogP contribution in [0.25, 0.3) is 0 Å². The Morgan fingerprint density at radius 3 is 2.29 bits per heavy atom. The number of hydrogen-bond acceptors (Lipinski definition) is 3. The molecule has 1 aliphatic rings. The predicted molar refractivity (Wildman–Crippen MR) is 85.4 cm³/mol. The summed E-state index contributed by atoms with van der Waals surface area (Å²) in [6.07, 6.45) is 0. The molecule has 2 aromatic carbocycles. The van der Waals surface area contributed by atoms with Gasteiger partial charge < -0.3 is 0 Å². The van der Waals surface area contributed by atoms with Crippen LogP contribution in [-0.4, -0.2) is 22.9 Å². The van der Waals surface area contributed by atoms with E-state index in [4.69, 9.17) is 5.26 Å². The minimum Gasteiger partial charge on any atom is -0.282 e. The van der Waals surface area contributed by atoms with E-state index in [0.29, 0.717) is 11.3 Å². The Morgan fingerprint density at radius 2 is 1.71 bits per heavy atom. The highest BCUT2D eigenvalue weighted by Gasteiger charge is 2.43. The van der Waals surface area contributed by atoms with Crippen molar-refractivity contribution in [3.05, 3.63) is 65.5 Å². The van der Waals surface area contributed by atoms with Gasteiger partial charge in [-0.2, -0.15) is 5.26 Å². The zero-order chi connectivity index (χ0) is 17.3. The van der Waals surface area contributed by atoms with Gasteiger partial charge in [0.15, 0.2) is 0 Å². The van der Waals surface area contributed by atoms with Crippen molar-refractivity contribution in [1.29, 1.82) is 5.26 Å². The summed E-state index contributed by atoms with van der Waals surface area (Å²) in [6.45, 7) is 1.77. The molecule has 0 aliphatic carbocycles. The standard InChI is InChI=1S/C18H14FN3O2/c1-12-17(23)21(11-14-4-2-13(10-20)3-5-14)18(24)22(12)16-8-6-15(19)7-9-16/h2-9,12H,11H2,1H3/t12-/m1/s1. The van der Waals surface area contributed by atoms with Crippen molar-refractivity contribution in [1.82, 2.24) is 4.90 Å². The lowest BCUT2D eigenvalue weighted by molar-refractivity contribution is -0.127. The molecule has 1 atom stereocenters. The van der Waals surface area contributed by atoms with Gasteiger partial charge in [0.05, 0.1) is 18.2 Å². The van der Waals surface area contributed by atoms with Crippen LogP contribution < -0.4 is 4.90 Å². The fourth-order valence-corrected chi connectivity index (χ4v) is 2.67. The molecule has 0 spiro atoms. The lowest BCUT2D eigenvalue weighted by atomic mass is 10.1. The molecule has 6 heteroatoms. The van der Waals surface area contributed by atoms with Crippen molar-refractivity contribution in [2.45, 2.75) is 19.5 Å². The fraction of sp³-hybridized carbons (Fsp3) is 0.167. The van der Waals surface area contributed by atoms with Crippen molar-refractivity contribution in [3.8, 4) is 6.07 Å². The molecule has 24 heavy (non-hydrogen) atoms. The van der Waals surface area contributed by atoms with Crippen molar-refractivity contribution in [3.63, 3.8) is 0 Å². The van der Waals surface area contributed by atoms with Crippen LogP contribution >= 0.6 is 0 Å². The van der Waals surface area contributed by atoms with E-state index in [2.05, 4.69) is 0 Å². The first-order valence-corrected chi connectivity index (χ1v) is 7.40. The Kier molecular flexibility index (Phi) is 4.00. The number of benzene rings is 2. The highest BCUT2D eigenvalue weighted by atomic mass is 19.1. The number of amides is 3. The van der Waals surface area contributed by atoms with Gasteiger partial charge in [-0.3, -0.25) is 14.6 Å². The zero-order valence-corrected chi connectivity index (χ0v) is 12.9. The second-order valence-corrected chi connectivity index (χ2v) is 5.54. The van der Waals surface area contributed by atoms with Crippen molar-refractivity contribution in [2.75, 3.05) is 4.90 Å². The third kappa shape index (κ3) is 2.72. The molecular weight excluding hydrogens is 309 g/mol. The molecule has 0 N–H and O–H groups in total. The summed E-state index contributed by atoms with van der Waals surface area (Å²) in [5.41, 5.74) is 1.74. The maximum atomic E-state index is 13.1. The highest BCUT2D eigenvalue weighted by molar-refractivity contribution is 6.13. The summed E-state index contributed by atoms with van der Waals surface area (Å²) >= 11 is 0. The zero-order valence-electron chi connectivity index (χ0n) is 12.9. The van der Waals surface area contributed by atoms with E-state index < -0.39 is 17.9 Å². The molecule has 2 aromatic rings. The van der Waals surface area contributed by atoms with Crippen LogP contribution in [0.15, 0.2) is 48.5 Å². The molecule has 0 radical (unpaired) electrons. The Labute approximate surface area is 138 Å². The topological polar surface area (TPSA) is 64.4 Å². The molecule has 1 heterocycles. The maximum absolute atomic E-state index is 13.1. The molecule has 0 bridgehead atoms. The van der Waals surface area contributed by atoms with E-state index in [9.17, 15) is 14.0 Å². The van der Waals surface area contributed by atoms with E-state index in [1.807, 2.05) is 6.07 Å². The number of halogens is 1. The third-order valence-corrected chi connectivity index (χ3v) is 3.98. The first-order chi connectivity index (χ1) is 11.5. The van der Waals surface area contributed by atoms with E-state index in [-0.39, 0.29) is 12.5 Å². The number of hydrogen-bond donors (Lipinski definition) is 0. The van der Waals surface area contributed by atoms with E-state index >= 15 is 0 Å². The number of carbonyl (C=O) groups is 2. The van der Waals surface area contributed by atoms with Gasteiger partial charge in [-0.25, -0.2) is 9.18 Å². The average molecular weight is 323 g/mol. The molecular formula is C18H14FN3O2. The third-order valence-electron chi connectivity index (χ3n) is 3.98. The Balaban J connectivity index is 1.84. The van der Waals surface area contributed by atoms with Crippen molar-refractivity contribution < 1.29 is 14.0 Å². The highest BCUT2D eigenvalue weighted by Crippen LogP contribution is 2.27. The monoisotopic (exact) mass is 323 g/mol. The summed E-state index contributed by atoms with van der Waals surface area (Å²) < 4.78 is 13.1. The van der Waals surface area contributed by atoms with Crippen molar-refractivity contribution >= 4 is 17.6 Å². The second-order valence-electron chi connectivity index (χ2n) is 5.54. The number of anilines is 1. The summed E-state index contributed by atoms with van der Waals surface area (Å²) in [5, 5.41) is 8.81. The van der Waals surface area contributed by atoms with Gasteiger partial charge in [-0.15, -0.1) is 0 Å². The van der Waals surface area contributed by atoms with Gasteiger partial charge in [0.2, 0.25) is 0 Å². The fourth-order valence-electron chi connectivity index (χ4n) is 2.67. The quantitative estimate of drug-likeness (QED) is 0.816. The van der Waals surface area contributed by atoms with Gasteiger partial charge in [-0.05, 0) is 48.9 Å². The minimum absolute atomic E-state index is 0.130. The lowest BCUT2D eigenvalue weighted by Gasteiger charge is -2.19. The van der Waals surface area contributed by atoms with Gasteiger partial charge in [0.1, 0.15) is 11.9 Å². The smallest absolute Gasteiger partial charge is 0.282 e. The molecule has 1 aliphatic heterocycles. The molecule has 1 fully saturated rings. The predicted octanol–water partition coefficient (Wildman–Crippen LogP) is 3.05. The Morgan fingerprint density at radius 1 is 1.08 bits per heavy atom. The van der Waals surface area contributed by atoms with Crippen LogP contribution in [0.2, 0.25) is 0 Å². The molecule has 0 aromatic heterocycles. The molecule has 0 unspecified atom stereocenters. The summed E-state index contributed by atoms with van der Waals surface area (Å²) in [4.78, 5) is 27.6. The largest absolute Gasteiger partial charge is 0.332 e. The number of nitriles is 1. The van der Waals surface area contributed by atoms with Crippen LogP contribution in [0.1, 0.15) is 18.1 Å². The lowest BCUT2D eigenvalue weighted by Crippen LogP contribution is -2.33. The summed E-state index contributed by atoms with van der Waals surface area (Å²) in [6, 6.07) is 13.1. The van der Waals surface area contributed by atoms with Crippen LogP contribution in [0.4, 0.5) is 14.9 Å². The number of rotatable bonds is 3. The number of urea groups is 1. The average Bonchev–Trinajstić information content (AvgIpc) is 2.80. The molecule has 5 nitrogen and oxygen atoms in total. The number of nitrogens with zero attached hydrogens (tertiary/aromatic N) is 3. The SMILES string of the molecule is C[C@@H]1C(=O)N(Cc2ccc(C#N)cc2)C(=O)N1c1ccc(F)cc1. The van der Waals surface area contributed by atoms with Gasteiger partial charge >= 0.3 is 6.03 Å². The maximum Gasteiger partial charge on any atom is 0.332 e. The van der Waals surface area contributed by atoms with Crippen LogP contribution in [0.5, 0.6) is 0 Å². The minimum atomic E-state index is -0.652. The van der Waals surface area contributed by atoms with E-state index in [1.54, 1.807) is 31.2 Å². The van der Waals surface area contributed by atoms with Gasteiger partial charge in [-0.1, -0.05) is 12.1 Å². The Hall–Kier alpha value is -3.20. The number of carbonyl (C=O) groups excluding carboxylic acids is 2. The van der Waals surface area contributed by atoms with E-state index in [1.165, 1.54) is 29.2 Å². The Bertz CT molecular complexity index is 825. The molecule has 0 saturated carbocycles. The molecule has 3 amide bonds.